The van der Waals surface area contributed by atoms with Crippen molar-refractivity contribution in [2.45, 2.75) is 13.0 Å². The highest BCUT2D eigenvalue weighted by Crippen LogP contribution is 2.28. The summed E-state index contributed by atoms with van der Waals surface area (Å²) in [5.74, 6) is 0. The number of para-hydroxylation sites is 1. The molecule has 18 heavy (non-hydrogen) atoms. The van der Waals surface area contributed by atoms with Gasteiger partial charge in [-0.15, -0.1) is 0 Å². The number of aliphatic hydroxyl groups excluding tert-OH is 1. The van der Waals surface area contributed by atoms with Gasteiger partial charge < -0.3 is 15.7 Å². The Morgan fingerprint density at radius 1 is 1.33 bits per heavy atom. The van der Waals surface area contributed by atoms with E-state index in [1.807, 2.05) is 31.4 Å². The maximum atomic E-state index is 8.94. The first-order valence-corrected chi connectivity index (χ1v) is 6.16. The van der Waals surface area contributed by atoms with Gasteiger partial charge >= 0.3 is 0 Å². The van der Waals surface area contributed by atoms with Crippen LogP contribution < -0.4 is 10.6 Å². The monoisotopic (exact) mass is 245 g/mol. The lowest BCUT2D eigenvalue weighted by atomic mass is 10.1. The summed E-state index contributed by atoms with van der Waals surface area (Å²) in [6.07, 6.45) is 2.59. The van der Waals surface area contributed by atoms with E-state index >= 15 is 0 Å². The lowest BCUT2D eigenvalue weighted by Crippen LogP contribution is -2.22. The number of benzene rings is 1. The molecule has 1 heterocycles. The summed E-state index contributed by atoms with van der Waals surface area (Å²) < 4.78 is 0. The second-order valence-corrected chi connectivity index (χ2v) is 4.35. The fraction of sp³-hybridized carbons (Fsp3) is 0.357. The van der Waals surface area contributed by atoms with Gasteiger partial charge in [0.05, 0.1) is 11.2 Å². The molecule has 2 rings (SSSR count). The van der Waals surface area contributed by atoms with Crippen LogP contribution in [0.25, 0.3) is 10.9 Å². The maximum absolute atomic E-state index is 8.94. The summed E-state index contributed by atoms with van der Waals surface area (Å²) in [5.41, 5.74) is 8.92. The Bertz CT molecular complexity index is 527. The Kier molecular flexibility index (Phi) is 4.12. The van der Waals surface area contributed by atoms with Crippen LogP contribution in [0, 0.1) is 0 Å². The van der Waals surface area contributed by atoms with Crippen molar-refractivity contribution in [3.8, 4) is 0 Å². The first-order valence-electron chi connectivity index (χ1n) is 6.16. The van der Waals surface area contributed by atoms with E-state index in [4.69, 9.17) is 10.8 Å². The van der Waals surface area contributed by atoms with Crippen molar-refractivity contribution >= 4 is 16.6 Å². The molecule has 4 heteroatoms. The van der Waals surface area contributed by atoms with Crippen LogP contribution in [0.15, 0.2) is 30.5 Å². The molecule has 4 nitrogen and oxygen atoms in total. The highest BCUT2D eigenvalue weighted by molar-refractivity contribution is 5.93. The largest absolute Gasteiger partial charge is 0.396 e. The predicted octanol–water partition coefficient (Wildman–Crippen LogP) is 1.51. The van der Waals surface area contributed by atoms with Crippen LogP contribution in [-0.4, -0.2) is 30.3 Å². The zero-order chi connectivity index (χ0) is 13.0. The summed E-state index contributed by atoms with van der Waals surface area (Å²) in [6, 6.07) is 8.05. The Morgan fingerprint density at radius 2 is 2.11 bits per heavy atom. The van der Waals surface area contributed by atoms with Crippen LogP contribution in [0.1, 0.15) is 12.0 Å². The van der Waals surface area contributed by atoms with Gasteiger partial charge in [0.1, 0.15) is 0 Å². The number of fused-ring (bicyclic) bond motifs is 1. The zero-order valence-corrected chi connectivity index (χ0v) is 10.6. The molecule has 96 valence electrons. The molecule has 3 N–H and O–H groups in total. The van der Waals surface area contributed by atoms with Gasteiger partial charge in [-0.1, -0.05) is 18.2 Å². The van der Waals surface area contributed by atoms with Crippen LogP contribution >= 0.6 is 0 Å². The molecular formula is C14H19N3O. The van der Waals surface area contributed by atoms with E-state index in [0.717, 1.165) is 35.1 Å². The second-order valence-electron chi connectivity index (χ2n) is 4.35. The highest BCUT2D eigenvalue weighted by atomic mass is 16.3. The van der Waals surface area contributed by atoms with Gasteiger partial charge in [0.15, 0.2) is 0 Å². The minimum Gasteiger partial charge on any atom is -0.396 e. The van der Waals surface area contributed by atoms with Gasteiger partial charge in [0, 0.05) is 43.9 Å². The minimum absolute atomic E-state index is 0.200. The molecule has 2 aromatic rings. The summed E-state index contributed by atoms with van der Waals surface area (Å²) in [4.78, 5) is 6.56. The van der Waals surface area contributed by atoms with Crippen molar-refractivity contribution in [2.75, 3.05) is 25.1 Å². The molecule has 1 aromatic carbocycles. The summed E-state index contributed by atoms with van der Waals surface area (Å²) >= 11 is 0. The predicted molar refractivity (Wildman–Crippen MR) is 74.6 cm³/mol. The fourth-order valence-electron chi connectivity index (χ4n) is 2.19. The van der Waals surface area contributed by atoms with E-state index in [2.05, 4.69) is 16.0 Å². The SMILES string of the molecule is CN(CCCO)c1c(CN)cnc2ccccc12. The number of aliphatic hydroxyl groups is 1. The molecule has 0 unspecified atom stereocenters. The molecule has 0 fully saturated rings. The Balaban J connectivity index is 2.50. The van der Waals surface area contributed by atoms with Gasteiger partial charge in [-0.3, -0.25) is 4.98 Å². The number of hydrogen-bond donors (Lipinski definition) is 2. The third-order valence-corrected chi connectivity index (χ3v) is 3.08. The Labute approximate surface area is 107 Å². The average molecular weight is 245 g/mol. The van der Waals surface area contributed by atoms with Gasteiger partial charge in [-0.2, -0.15) is 0 Å². The van der Waals surface area contributed by atoms with Crippen molar-refractivity contribution in [2.24, 2.45) is 5.73 Å². The summed E-state index contributed by atoms with van der Waals surface area (Å²) in [7, 11) is 2.02. The number of nitrogens with zero attached hydrogens (tertiary/aromatic N) is 2. The van der Waals surface area contributed by atoms with E-state index in [-0.39, 0.29) is 6.61 Å². The third kappa shape index (κ3) is 2.44. The quantitative estimate of drug-likeness (QED) is 0.838. The minimum atomic E-state index is 0.200. The highest BCUT2D eigenvalue weighted by Gasteiger charge is 2.11. The molecule has 0 radical (unpaired) electrons. The number of hydrogen-bond acceptors (Lipinski definition) is 4. The average Bonchev–Trinajstić information content (AvgIpc) is 2.43. The van der Waals surface area contributed by atoms with Crippen LogP contribution in [0.4, 0.5) is 5.69 Å². The van der Waals surface area contributed by atoms with E-state index in [1.165, 1.54) is 0 Å². The van der Waals surface area contributed by atoms with Crippen LogP contribution in [0.5, 0.6) is 0 Å². The van der Waals surface area contributed by atoms with Crippen molar-refractivity contribution < 1.29 is 5.11 Å². The van der Waals surface area contributed by atoms with Crippen LogP contribution in [0.2, 0.25) is 0 Å². The van der Waals surface area contributed by atoms with Crippen LogP contribution in [0.3, 0.4) is 0 Å². The molecule has 0 aliphatic carbocycles. The van der Waals surface area contributed by atoms with Gasteiger partial charge in [0.25, 0.3) is 0 Å². The number of aromatic nitrogens is 1. The lowest BCUT2D eigenvalue weighted by Gasteiger charge is -2.23. The second kappa shape index (κ2) is 5.80. The standard InChI is InChI=1S/C14H19N3O/c1-17(7-4-8-18)14-11(9-15)10-16-13-6-3-2-5-12(13)14/h2-3,5-6,10,18H,4,7-9,15H2,1H3. The maximum Gasteiger partial charge on any atom is 0.0723 e. The number of pyridine rings is 1. The van der Waals surface area contributed by atoms with Crippen molar-refractivity contribution in [3.63, 3.8) is 0 Å². The van der Waals surface area contributed by atoms with Gasteiger partial charge in [0.2, 0.25) is 0 Å². The molecule has 0 spiro atoms. The first-order chi connectivity index (χ1) is 8.77. The molecule has 0 aliphatic heterocycles. The van der Waals surface area contributed by atoms with Crippen LogP contribution in [-0.2, 0) is 6.54 Å². The van der Waals surface area contributed by atoms with E-state index in [9.17, 15) is 0 Å². The molecule has 0 saturated heterocycles. The summed E-state index contributed by atoms with van der Waals surface area (Å²) in [5, 5.41) is 10.1. The number of nitrogens with two attached hydrogens (primary N) is 1. The van der Waals surface area contributed by atoms with E-state index in [0.29, 0.717) is 6.54 Å². The normalized spacial score (nSPS) is 10.8. The Morgan fingerprint density at radius 3 is 2.83 bits per heavy atom. The van der Waals surface area contributed by atoms with Crippen molar-refractivity contribution in [3.05, 3.63) is 36.0 Å². The molecule has 0 aliphatic rings. The number of rotatable bonds is 5. The third-order valence-electron chi connectivity index (χ3n) is 3.08. The molecule has 0 amide bonds. The van der Waals surface area contributed by atoms with Crippen molar-refractivity contribution in [1.82, 2.24) is 4.98 Å². The lowest BCUT2D eigenvalue weighted by molar-refractivity contribution is 0.290. The molecule has 0 saturated carbocycles. The topological polar surface area (TPSA) is 62.4 Å². The summed E-state index contributed by atoms with van der Waals surface area (Å²) in [6.45, 7) is 1.47. The van der Waals surface area contributed by atoms with E-state index < -0.39 is 0 Å². The zero-order valence-electron chi connectivity index (χ0n) is 10.6. The number of anilines is 1. The molecular weight excluding hydrogens is 226 g/mol. The molecule has 0 bridgehead atoms. The fourth-order valence-corrected chi connectivity index (χ4v) is 2.19. The van der Waals surface area contributed by atoms with E-state index in [1.54, 1.807) is 0 Å². The smallest absolute Gasteiger partial charge is 0.0723 e. The molecule has 0 atom stereocenters. The molecule has 1 aromatic heterocycles. The first kappa shape index (κ1) is 12.8. The van der Waals surface area contributed by atoms with Gasteiger partial charge in [-0.25, -0.2) is 0 Å². The van der Waals surface area contributed by atoms with Crippen molar-refractivity contribution in [1.29, 1.82) is 0 Å². The van der Waals surface area contributed by atoms with Gasteiger partial charge in [-0.05, 0) is 12.5 Å². The Hall–Kier alpha value is -1.65.